The van der Waals surface area contributed by atoms with E-state index in [0.717, 1.165) is 11.1 Å². The maximum absolute atomic E-state index is 14.5. The Labute approximate surface area is 189 Å². The lowest BCUT2D eigenvalue weighted by Gasteiger charge is -2.18. The Morgan fingerprint density at radius 1 is 1.03 bits per heavy atom. The van der Waals surface area contributed by atoms with Crippen molar-refractivity contribution in [2.75, 3.05) is 10.6 Å². The van der Waals surface area contributed by atoms with Crippen LogP contribution in [-0.4, -0.2) is 22.7 Å². The summed E-state index contributed by atoms with van der Waals surface area (Å²) in [4.78, 5) is 39.6. The molecule has 1 unspecified atom stereocenters. The van der Waals surface area contributed by atoms with E-state index in [9.17, 15) is 18.8 Å². The molecule has 32 heavy (non-hydrogen) atoms. The van der Waals surface area contributed by atoms with Gasteiger partial charge in [-0.3, -0.25) is 14.4 Å². The average molecular weight is 455 g/mol. The van der Waals surface area contributed by atoms with E-state index < -0.39 is 11.9 Å². The summed E-state index contributed by atoms with van der Waals surface area (Å²) in [7, 11) is 0. The average Bonchev–Trinajstić information content (AvgIpc) is 3.15. The molecule has 3 aromatic rings. The van der Waals surface area contributed by atoms with E-state index in [-0.39, 0.29) is 29.7 Å². The van der Waals surface area contributed by atoms with Crippen LogP contribution in [0.1, 0.15) is 37.4 Å². The summed E-state index contributed by atoms with van der Waals surface area (Å²) in [6, 6.07) is 11.4. The van der Waals surface area contributed by atoms with Crippen LogP contribution in [0.25, 0.3) is 11.3 Å². The number of anilines is 2. The monoisotopic (exact) mass is 454 g/mol. The normalized spacial score (nSPS) is 11.5. The Morgan fingerprint density at radius 3 is 2.38 bits per heavy atom. The minimum Gasteiger partial charge on any atom is -0.349 e. The smallest absolute Gasteiger partial charge is 0.228 e. The fraction of sp³-hybridized carbons (Fsp3) is 0.217. The first kappa shape index (κ1) is 23.1. The molecule has 0 aliphatic heterocycles. The first-order chi connectivity index (χ1) is 15.2. The molecule has 7 nitrogen and oxygen atoms in total. The third kappa shape index (κ3) is 6.21. The molecule has 166 valence electrons. The Kier molecular flexibility index (Phi) is 7.32. The number of carbonyl (C=O) groups is 3. The molecule has 3 rings (SSSR count). The van der Waals surface area contributed by atoms with Crippen LogP contribution >= 0.6 is 11.3 Å². The number of nitrogens with one attached hydrogen (secondary N) is 3. The van der Waals surface area contributed by atoms with Crippen molar-refractivity contribution in [3.05, 3.63) is 64.8 Å². The lowest BCUT2D eigenvalue weighted by molar-refractivity contribution is -0.120. The van der Waals surface area contributed by atoms with E-state index in [1.807, 2.05) is 31.2 Å². The third-order valence-electron chi connectivity index (χ3n) is 4.56. The van der Waals surface area contributed by atoms with Gasteiger partial charge in [0.25, 0.3) is 0 Å². The van der Waals surface area contributed by atoms with E-state index in [4.69, 9.17) is 0 Å². The highest BCUT2D eigenvalue weighted by Crippen LogP contribution is 2.29. The van der Waals surface area contributed by atoms with Gasteiger partial charge in [-0.05, 0) is 30.7 Å². The van der Waals surface area contributed by atoms with Crippen LogP contribution < -0.4 is 16.0 Å². The molecular weight excluding hydrogens is 431 g/mol. The highest BCUT2D eigenvalue weighted by molar-refractivity contribution is 7.14. The van der Waals surface area contributed by atoms with Gasteiger partial charge in [-0.2, -0.15) is 0 Å². The molecule has 0 aliphatic rings. The molecule has 1 atom stereocenters. The van der Waals surface area contributed by atoms with Crippen molar-refractivity contribution >= 4 is 39.9 Å². The topological polar surface area (TPSA) is 100 Å². The highest BCUT2D eigenvalue weighted by atomic mass is 32.1. The van der Waals surface area contributed by atoms with Gasteiger partial charge in [0.15, 0.2) is 5.13 Å². The van der Waals surface area contributed by atoms with Gasteiger partial charge < -0.3 is 16.0 Å². The van der Waals surface area contributed by atoms with Gasteiger partial charge in [0.2, 0.25) is 17.7 Å². The van der Waals surface area contributed by atoms with Gasteiger partial charge in [0, 0.05) is 30.5 Å². The van der Waals surface area contributed by atoms with Gasteiger partial charge in [-0.15, -0.1) is 11.3 Å². The van der Waals surface area contributed by atoms with Gasteiger partial charge in [-0.1, -0.05) is 29.8 Å². The van der Waals surface area contributed by atoms with E-state index in [1.54, 1.807) is 11.4 Å². The molecule has 1 aromatic heterocycles. The van der Waals surface area contributed by atoms with Crippen LogP contribution in [0.4, 0.5) is 15.2 Å². The van der Waals surface area contributed by atoms with Gasteiger partial charge >= 0.3 is 0 Å². The summed E-state index contributed by atoms with van der Waals surface area (Å²) in [5, 5.41) is 9.98. The Bertz CT molecular complexity index is 1140. The number of benzene rings is 2. The number of aryl methyl sites for hydroxylation is 1. The van der Waals surface area contributed by atoms with Gasteiger partial charge in [0.1, 0.15) is 5.82 Å². The molecule has 0 saturated heterocycles. The Morgan fingerprint density at radius 2 is 1.75 bits per heavy atom. The molecule has 0 radical (unpaired) electrons. The van der Waals surface area contributed by atoms with Crippen molar-refractivity contribution in [2.45, 2.75) is 33.2 Å². The van der Waals surface area contributed by atoms with Crippen LogP contribution in [0, 0.1) is 12.7 Å². The number of amides is 3. The zero-order chi connectivity index (χ0) is 23.3. The van der Waals surface area contributed by atoms with Crippen LogP contribution in [-0.2, 0) is 14.4 Å². The van der Waals surface area contributed by atoms with Crippen LogP contribution in [0.2, 0.25) is 0 Å². The maximum atomic E-state index is 14.5. The van der Waals surface area contributed by atoms with Crippen molar-refractivity contribution in [2.24, 2.45) is 0 Å². The molecule has 0 aliphatic carbocycles. The predicted molar refractivity (Wildman–Crippen MR) is 123 cm³/mol. The molecule has 3 amide bonds. The van der Waals surface area contributed by atoms with Crippen molar-refractivity contribution in [3.63, 3.8) is 0 Å². The molecule has 3 N–H and O–H groups in total. The molecular formula is C23H23FN4O3S. The zero-order valence-corrected chi connectivity index (χ0v) is 18.7. The zero-order valence-electron chi connectivity index (χ0n) is 17.9. The first-order valence-electron chi connectivity index (χ1n) is 9.88. The number of aromatic nitrogens is 1. The molecule has 0 bridgehead atoms. The summed E-state index contributed by atoms with van der Waals surface area (Å²) < 4.78 is 14.5. The van der Waals surface area contributed by atoms with Crippen LogP contribution in [0.3, 0.4) is 0 Å². The summed E-state index contributed by atoms with van der Waals surface area (Å²) in [5.41, 5.74) is 2.87. The van der Waals surface area contributed by atoms with Crippen molar-refractivity contribution < 1.29 is 18.8 Å². The second-order valence-electron chi connectivity index (χ2n) is 7.33. The minimum atomic E-state index is -0.537. The quantitative estimate of drug-likeness (QED) is 0.492. The lowest BCUT2D eigenvalue weighted by atomic mass is 10.0. The summed E-state index contributed by atoms with van der Waals surface area (Å²) >= 11 is 1.17. The van der Waals surface area contributed by atoms with Crippen molar-refractivity contribution in [1.82, 2.24) is 10.3 Å². The van der Waals surface area contributed by atoms with Crippen LogP contribution in [0.5, 0.6) is 0 Å². The highest BCUT2D eigenvalue weighted by Gasteiger charge is 2.19. The molecule has 2 aromatic carbocycles. The summed E-state index contributed by atoms with van der Waals surface area (Å²) in [6.07, 6.45) is 0.0251. The minimum absolute atomic E-state index is 0.0251. The van der Waals surface area contributed by atoms with Crippen LogP contribution in [0.15, 0.2) is 47.8 Å². The van der Waals surface area contributed by atoms with Crippen molar-refractivity contribution in [1.29, 1.82) is 0 Å². The Balaban J connectivity index is 1.70. The third-order valence-corrected chi connectivity index (χ3v) is 5.32. The van der Waals surface area contributed by atoms with E-state index >= 15 is 0 Å². The number of rotatable bonds is 7. The lowest BCUT2D eigenvalue weighted by Crippen LogP contribution is -2.29. The Hall–Kier alpha value is -3.59. The number of halogens is 1. The molecule has 0 fully saturated rings. The summed E-state index contributed by atoms with van der Waals surface area (Å²) in [6.45, 7) is 4.70. The first-order valence-corrected chi connectivity index (χ1v) is 10.8. The number of nitrogens with zero attached hydrogens (tertiary/aromatic N) is 1. The molecule has 0 saturated carbocycles. The number of thiazole rings is 1. The van der Waals surface area contributed by atoms with Crippen molar-refractivity contribution in [3.8, 4) is 11.3 Å². The number of hydrogen-bond donors (Lipinski definition) is 3. The van der Waals surface area contributed by atoms with Gasteiger partial charge in [0.05, 0.1) is 18.2 Å². The largest absolute Gasteiger partial charge is 0.349 e. The molecule has 0 spiro atoms. The number of hydrogen-bond acceptors (Lipinski definition) is 5. The van der Waals surface area contributed by atoms with Gasteiger partial charge in [-0.25, -0.2) is 9.37 Å². The summed E-state index contributed by atoms with van der Waals surface area (Å²) in [5.74, 6) is -1.40. The fourth-order valence-electron chi connectivity index (χ4n) is 3.11. The number of carbonyl (C=O) groups excluding carboxylic acids is 3. The second-order valence-corrected chi connectivity index (χ2v) is 8.19. The van der Waals surface area contributed by atoms with E-state index in [2.05, 4.69) is 20.9 Å². The predicted octanol–water partition coefficient (Wildman–Crippen LogP) is 4.42. The standard InChI is InChI=1S/C23H23FN4O3S/c1-13-4-6-16(7-5-13)20(26-15(3)30)11-22(31)28-23-27-21(12-32-23)18-9-8-17(10-19(18)24)25-14(2)29/h4-10,12,20H,11H2,1-3H3,(H,25,29)(H,26,30)(H,27,28,31). The second kappa shape index (κ2) is 10.1. The van der Waals surface area contributed by atoms with E-state index in [1.165, 1.54) is 37.3 Å². The molecule has 1 heterocycles. The van der Waals surface area contributed by atoms with E-state index in [0.29, 0.717) is 16.5 Å². The fourth-order valence-corrected chi connectivity index (χ4v) is 3.84. The molecule has 9 heteroatoms. The maximum Gasteiger partial charge on any atom is 0.228 e. The SMILES string of the molecule is CC(=O)Nc1ccc(-c2csc(NC(=O)CC(NC(C)=O)c3ccc(C)cc3)n2)c(F)c1.